The van der Waals surface area contributed by atoms with Crippen LogP contribution in [0.25, 0.3) is 5.69 Å². The molecular weight excluding hydrogens is 267 g/mol. The number of benzene rings is 1. The largest absolute Gasteiger partial charge is 0.418 e. The van der Waals surface area contributed by atoms with E-state index in [0.29, 0.717) is 18.2 Å². The summed E-state index contributed by atoms with van der Waals surface area (Å²) in [6.07, 6.45) is 2.18. The maximum absolute atomic E-state index is 13.2. The molecular formula is C14H14F3N3. The molecule has 1 aromatic carbocycles. The lowest BCUT2D eigenvalue weighted by Gasteiger charge is -2.15. The van der Waals surface area contributed by atoms with Crippen LogP contribution in [0, 0.1) is 0 Å². The fourth-order valence-electron chi connectivity index (χ4n) is 2.10. The van der Waals surface area contributed by atoms with Crippen molar-refractivity contribution >= 4 is 0 Å². The molecule has 0 unspecified atom stereocenters. The van der Waals surface area contributed by atoms with Crippen LogP contribution < -0.4 is 5.32 Å². The molecule has 0 radical (unpaired) electrons. The molecule has 0 saturated heterocycles. The summed E-state index contributed by atoms with van der Waals surface area (Å²) in [6, 6.07) is 4.90. The summed E-state index contributed by atoms with van der Waals surface area (Å²) >= 11 is 0. The summed E-state index contributed by atoms with van der Waals surface area (Å²) in [6.45, 7) is 0.470. The van der Waals surface area contributed by atoms with Gasteiger partial charge in [-0.3, -0.25) is 0 Å². The van der Waals surface area contributed by atoms with Crippen LogP contribution in [0.2, 0.25) is 0 Å². The van der Waals surface area contributed by atoms with E-state index in [1.807, 2.05) is 0 Å². The molecule has 1 N–H and O–H groups in total. The van der Waals surface area contributed by atoms with Gasteiger partial charge in [-0.15, -0.1) is 0 Å². The second-order valence-electron chi connectivity index (χ2n) is 4.97. The Morgan fingerprint density at radius 1 is 1.30 bits per heavy atom. The lowest BCUT2D eigenvalue weighted by molar-refractivity contribution is -0.137. The van der Waals surface area contributed by atoms with Gasteiger partial charge in [-0.05, 0) is 30.5 Å². The van der Waals surface area contributed by atoms with Gasteiger partial charge in [0, 0.05) is 25.0 Å². The minimum absolute atomic E-state index is 0.102. The summed E-state index contributed by atoms with van der Waals surface area (Å²) in [5, 5.41) is 3.22. The van der Waals surface area contributed by atoms with Crippen molar-refractivity contribution in [3.8, 4) is 5.69 Å². The van der Waals surface area contributed by atoms with Crippen molar-refractivity contribution in [3.63, 3.8) is 0 Å². The van der Waals surface area contributed by atoms with Crippen molar-refractivity contribution in [2.24, 2.45) is 0 Å². The highest BCUT2D eigenvalue weighted by Gasteiger charge is 2.34. The molecule has 1 saturated carbocycles. The number of aromatic nitrogens is 2. The maximum Gasteiger partial charge on any atom is 0.418 e. The van der Waals surface area contributed by atoms with E-state index < -0.39 is 11.7 Å². The van der Waals surface area contributed by atoms with Crippen LogP contribution in [-0.2, 0) is 12.7 Å². The monoisotopic (exact) mass is 281 g/mol. The molecule has 1 aliphatic carbocycles. The first-order valence-electron chi connectivity index (χ1n) is 6.46. The van der Waals surface area contributed by atoms with Crippen molar-refractivity contribution in [1.29, 1.82) is 0 Å². The fraction of sp³-hybridized carbons (Fsp3) is 0.357. The summed E-state index contributed by atoms with van der Waals surface area (Å²) in [7, 11) is 0. The molecule has 20 heavy (non-hydrogen) atoms. The molecule has 1 heterocycles. The van der Waals surface area contributed by atoms with E-state index in [0.717, 1.165) is 12.8 Å². The lowest BCUT2D eigenvalue weighted by atomic mass is 10.1. The average molecular weight is 281 g/mol. The number of rotatable bonds is 4. The first-order valence-corrected chi connectivity index (χ1v) is 6.46. The predicted octanol–water partition coefficient (Wildman–Crippen LogP) is 3.14. The van der Waals surface area contributed by atoms with Gasteiger partial charge in [0.25, 0.3) is 0 Å². The summed E-state index contributed by atoms with van der Waals surface area (Å²) in [5.41, 5.74) is 0.115. The molecule has 1 aliphatic rings. The van der Waals surface area contributed by atoms with E-state index in [1.165, 1.54) is 35.4 Å². The van der Waals surface area contributed by atoms with Gasteiger partial charge in [0.05, 0.1) is 17.6 Å². The van der Waals surface area contributed by atoms with Crippen LogP contribution in [0.5, 0.6) is 0 Å². The molecule has 106 valence electrons. The van der Waals surface area contributed by atoms with Crippen LogP contribution in [0.1, 0.15) is 24.0 Å². The predicted molar refractivity (Wildman–Crippen MR) is 68.4 cm³/mol. The second kappa shape index (κ2) is 4.94. The van der Waals surface area contributed by atoms with Crippen LogP contribution in [0.4, 0.5) is 13.2 Å². The van der Waals surface area contributed by atoms with Crippen molar-refractivity contribution in [2.75, 3.05) is 0 Å². The SMILES string of the molecule is FC(F)(F)c1cc(CNC2CC2)ccc1-n1ccnc1. The highest BCUT2D eigenvalue weighted by atomic mass is 19.4. The highest BCUT2D eigenvalue weighted by molar-refractivity contribution is 5.45. The number of alkyl halides is 3. The number of hydrogen-bond donors (Lipinski definition) is 1. The van der Waals surface area contributed by atoms with E-state index >= 15 is 0 Å². The molecule has 0 aliphatic heterocycles. The minimum atomic E-state index is -4.38. The number of hydrogen-bond acceptors (Lipinski definition) is 2. The summed E-state index contributed by atoms with van der Waals surface area (Å²) in [5.74, 6) is 0. The third-order valence-corrected chi connectivity index (χ3v) is 3.32. The van der Waals surface area contributed by atoms with E-state index in [-0.39, 0.29) is 5.69 Å². The van der Waals surface area contributed by atoms with Gasteiger partial charge in [0.2, 0.25) is 0 Å². The van der Waals surface area contributed by atoms with Crippen LogP contribution in [-0.4, -0.2) is 15.6 Å². The molecule has 3 nitrogen and oxygen atoms in total. The smallest absolute Gasteiger partial charge is 0.310 e. The third-order valence-electron chi connectivity index (χ3n) is 3.32. The molecule has 0 amide bonds. The third kappa shape index (κ3) is 2.85. The van der Waals surface area contributed by atoms with Gasteiger partial charge in [-0.25, -0.2) is 4.98 Å². The number of nitrogens with one attached hydrogen (secondary N) is 1. The van der Waals surface area contributed by atoms with Gasteiger partial charge in [-0.1, -0.05) is 6.07 Å². The van der Waals surface area contributed by atoms with Crippen LogP contribution >= 0.6 is 0 Å². The van der Waals surface area contributed by atoms with Crippen molar-refractivity contribution in [2.45, 2.75) is 31.6 Å². The molecule has 3 rings (SSSR count). The van der Waals surface area contributed by atoms with Gasteiger partial charge in [0.15, 0.2) is 0 Å². The number of halogens is 3. The Labute approximate surface area is 114 Å². The highest BCUT2D eigenvalue weighted by Crippen LogP contribution is 2.34. The van der Waals surface area contributed by atoms with E-state index in [4.69, 9.17) is 0 Å². The standard InChI is InChI=1S/C14H14F3N3/c15-14(16,17)12-7-10(8-19-11-2-3-11)1-4-13(12)20-6-5-18-9-20/h1,4-7,9,11,19H,2-3,8H2. The number of nitrogens with zero attached hydrogens (tertiary/aromatic N) is 2. The number of imidazole rings is 1. The zero-order valence-corrected chi connectivity index (χ0v) is 10.7. The van der Waals surface area contributed by atoms with E-state index in [9.17, 15) is 13.2 Å². The molecule has 1 aromatic heterocycles. The first kappa shape index (κ1) is 13.2. The van der Waals surface area contributed by atoms with Crippen molar-refractivity contribution < 1.29 is 13.2 Å². The molecule has 2 aromatic rings. The minimum Gasteiger partial charge on any atom is -0.310 e. The van der Waals surface area contributed by atoms with Crippen molar-refractivity contribution in [1.82, 2.24) is 14.9 Å². The Morgan fingerprint density at radius 3 is 2.70 bits per heavy atom. The summed E-state index contributed by atoms with van der Waals surface area (Å²) in [4.78, 5) is 3.80. The van der Waals surface area contributed by atoms with Gasteiger partial charge in [0.1, 0.15) is 0 Å². The Balaban J connectivity index is 1.93. The maximum atomic E-state index is 13.2. The van der Waals surface area contributed by atoms with Crippen molar-refractivity contribution in [3.05, 3.63) is 48.0 Å². The average Bonchev–Trinajstić information content (AvgIpc) is 3.07. The molecule has 0 spiro atoms. The zero-order valence-electron chi connectivity index (χ0n) is 10.7. The van der Waals surface area contributed by atoms with E-state index in [2.05, 4.69) is 10.3 Å². The fourth-order valence-corrected chi connectivity index (χ4v) is 2.10. The van der Waals surface area contributed by atoms with Gasteiger partial charge < -0.3 is 9.88 Å². The van der Waals surface area contributed by atoms with Crippen LogP contribution in [0.3, 0.4) is 0 Å². The van der Waals surface area contributed by atoms with E-state index in [1.54, 1.807) is 6.07 Å². The molecule has 0 bridgehead atoms. The first-order chi connectivity index (χ1) is 9.54. The Morgan fingerprint density at radius 2 is 2.10 bits per heavy atom. The molecule has 1 fully saturated rings. The quantitative estimate of drug-likeness (QED) is 0.933. The summed E-state index contributed by atoms with van der Waals surface area (Å²) < 4.78 is 40.9. The topological polar surface area (TPSA) is 29.9 Å². The molecule has 0 atom stereocenters. The molecule has 6 heteroatoms. The Bertz CT molecular complexity index is 586. The lowest BCUT2D eigenvalue weighted by Crippen LogP contribution is -2.17. The Kier molecular flexibility index (Phi) is 3.25. The van der Waals surface area contributed by atoms with Crippen LogP contribution in [0.15, 0.2) is 36.9 Å². The zero-order chi connectivity index (χ0) is 14.2. The second-order valence-corrected chi connectivity index (χ2v) is 4.97. The normalized spacial score (nSPS) is 15.6. The van der Waals surface area contributed by atoms with Gasteiger partial charge >= 0.3 is 6.18 Å². The Hall–Kier alpha value is -1.82. The van der Waals surface area contributed by atoms with Gasteiger partial charge in [-0.2, -0.15) is 13.2 Å².